The van der Waals surface area contributed by atoms with Crippen LogP contribution in [0.5, 0.6) is 0 Å². The number of unbranched alkanes of at least 4 members (excludes halogenated alkanes) is 2. The van der Waals surface area contributed by atoms with Crippen LogP contribution in [0.2, 0.25) is 10.3 Å². The lowest BCUT2D eigenvalue weighted by Crippen LogP contribution is -2.40. The summed E-state index contributed by atoms with van der Waals surface area (Å²) in [7, 11) is 1.67. The van der Waals surface area contributed by atoms with Gasteiger partial charge in [0.2, 0.25) is 5.28 Å². The van der Waals surface area contributed by atoms with Gasteiger partial charge in [0.15, 0.2) is 17.0 Å². The standard InChI is InChI=1S/C21H23Cl2N7O3/c1-3-4-10-29-17-16(28(2)20(23)26-17)19(31)30(21(29)32)11-6-5-7-15-25-18(33-27-15)14-12-13(22)8-9-24-14/h8-9,12H,3-7,10-11H2,1-2H3. The molecule has 0 fully saturated rings. The topological polar surface area (TPSA) is 114 Å². The van der Waals surface area contributed by atoms with Crippen LogP contribution in [0.15, 0.2) is 32.4 Å². The molecule has 0 saturated heterocycles. The molecule has 33 heavy (non-hydrogen) atoms. The Labute approximate surface area is 198 Å². The predicted molar refractivity (Wildman–Crippen MR) is 125 cm³/mol. The third kappa shape index (κ3) is 4.72. The van der Waals surface area contributed by atoms with Crippen molar-refractivity contribution in [3.63, 3.8) is 0 Å². The van der Waals surface area contributed by atoms with Crippen molar-refractivity contribution in [1.29, 1.82) is 0 Å². The molecule has 0 unspecified atom stereocenters. The number of nitrogens with zero attached hydrogens (tertiary/aromatic N) is 7. The zero-order chi connectivity index (χ0) is 23.5. The summed E-state index contributed by atoms with van der Waals surface area (Å²) in [5.41, 5.74) is 0.399. The highest BCUT2D eigenvalue weighted by Gasteiger charge is 2.19. The minimum Gasteiger partial charge on any atom is -0.332 e. The van der Waals surface area contributed by atoms with E-state index >= 15 is 0 Å². The van der Waals surface area contributed by atoms with Crippen LogP contribution in [-0.4, -0.2) is 33.8 Å². The molecule has 4 heterocycles. The lowest BCUT2D eigenvalue weighted by Gasteiger charge is -2.11. The van der Waals surface area contributed by atoms with E-state index in [1.165, 1.54) is 13.7 Å². The van der Waals surface area contributed by atoms with E-state index in [1.807, 2.05) is 6.92 Å². The first-order valence-corrected chi connectivity index (χ1v) is 11.5. The van der Waals surface area contributed by atoms with Gasteiger partial charge in [-0.15, -0.1) is 0 Å². The van der Waals surface area contributed by atoms with Crippen molar-refractivity contribution in [2.45, 2.75) is 52.1 Å². The Morgan fingerprint density at radius 3 is 2.61 bits per heavy atom. The predicted octanol–water partition coefficient (Wildman–Crippen LogP) is 3.47. The van der Waals surface area contributed by atoms with Crippen LogP contribution in [-0.2, 0) is 26.6 Å². The number of pyridine rings is 1. The Kier molecular flexibility index (Phi) is 6.94. The fourth-order valence-electron chi connectivity index (χ4n) is 3.59. The van der Waals surface area contributed by atoms with E-state index in [0.29, 0.717) is 59.4 Å². The SMILES string of the molecule is CCCCn1c(=O)n(CCCCc2noc(-c3cc(Cl)ccn3)n2)c(=O)c2c1nc(Cl)n2C. The summed E-state index contributed by atoms with van der Waals surface area (Å²) in [4.78, 5) is 38.8. The fraction of sp³-hybridized carbons (Fsp3) is 0.429. The number of aryl methyl sites for hydroxylation is 3. The zero-order valence-corrected chi connectivity index (χ0v) is 19.8. The van der Waals surface area contributed by atoms with E-state index in [9.17, 15) is 9.59 Å². The van der Waals surface area contributed by atoms with E-state index in [4.69, 9.17) is 27.7 Å². The third-order valence-electron chi connectivity index (χ3n) is 5.36. The van der Waals surface area contributed by atoms with Crippen LogP contribution >= 0.6 is 23.2 Å². The molecule has 10 nitrogen and oxygen atoms in total. The van der Waals surface area contributed by atoms with E-state index in [-0.39, 0.29) is 17.5 Å². The Morgan fingerprint density at radius 2 is 1.85 bits per heavy atom. The number of halogens is 2. The summed E-state index contributed by atoms with van der Waals surface area (Å²) in [5.74, 6) is 0.814. The van der Waals surface area contributed by atoms with Gasteiger partial charge in [-0.25, -0.2) is 4.79 Å². The maximum atomic E-state index is 13.1. The van der Waals surface area contributed by atoms with Crippen LogP contribution in [0.4, 0.5) is 0 Å². The van der Waals surface area contributed by atoms with Crippen LogP contribution in [0.1, 0.15) is 38.4 Å². The van der Waals surface area contributed by atoms with Gasteiger partial charge in [0.1, 0.15) is 5.69 Å². The number of imidazole rings is 1. The zero-order valence-electron chi connectivity index (χ0n) is 18.3. The molecular formula is C21H23Cl2N7O3. The fourth-order valence-corrected chi connectivity index (χ4v) is 3.91. The van der Waals surface area contributed by atoms with Crippen LogP contribution in [0, 0.1) is 0 Å². The molecule has 0 bridgehead atoms. The first-order chi connectivity index (χ1) is 15.9. The van der Waals surface area contributed by atoms with E-state index in [2.05, 4.69) is 20.1 Å². The van der Waals surface area contributed by atoms with Gasteiger partial charge < -0.3 is 9.09 Å². The molecule has 0 aliphatic heterocycles. The lowest BCUT2D eigenvalue weighted by atomic mass is 10.2. The molecule has 4 aromatic rings. The molecule has 0 saturated carbocycles. The summed E-state index contributed by atoms with van der Waals surface area (Å²) in [5, 5.41) is 4.68. The van der Waals surface area contributed by atoms with Crippen LogP contribution in [0.3, 0.4) is 0 Å². The van der Waals surface area contributed by atoms with E-state index < -0.39 is 5.56 Å². The van der Waals surface area contributed by atoms with Gasteiger partial charge >= 0.3 is 5.69 Å². The lowest BCUT2D eigenvalue weighted by molar-refractivity contribution is 0.419. The molecule has 12 heteroatoms. The summed E-state index contributed by atoms with van der Waals surface area (Å²) in [6.07, 6.45) is 5.04. The van der Waals surface area contributed by atoms with Crippen LogP contribution in [0.25, 0.3) is 22.7 Å². The Hall–Kier alpha value is -2.98. The molecule has 0 aromatic carbocycles. The number of hydrogen-bond donors (Lipinski definition) is 0. The van der Waals surface area contributed by atoms with Crippen molar-refractivity contribution in [3.05, 3.63) is 55.3 Å². The van der Waals surface area contributed by atoms with Crippen molar-refractivity contribution < 1.29 is 4.52 Å². The molecule has 0 amide bonds. The van der Waals surface area contributed by atoms with Crippen molar-refractivity contribution in [2.24, 2.45) is 7.05 Å². The average Bonchev–Trinajstić information content (AvgIpc) is 3.38. The second kappa shape index (κ2) is 9.88. The molecule has 174 valence electrons. The summed E-state index contributed by atoms with van der Waals surface area (Å²) in [6.45, 7) is 2.78. The molecular weight excluding hydrogens is 469 g/mol. The summed E-state index contributed by atoms with van der Waals surface area (Å²) >= 11 is 12.1. The number of aromatic nitrogens is 7. The van der Waals surface area contributed by atoms with Crippen molar-refractivity contribution in [3.8, 4) is 11.6 Å². The summed E-state index contributed by atoms with van der Waals surface area (Å²) < 4.78 is 9.57. The minimum absolute atomic E-state index is 0.173. The highest BCUT2D eigenvalue weighted by Crippen LogP contribution is 2.19. The Bertz CT molecular complexity index is 1400. The van der Waals surface area contributed by atoms with Gasteiger partial charge in [-0.3, -0.25) is 18.9 Å². The first-order valence-electron chi connectivity index (χ1n) is 10.7. The second-order valence-electron chi connectivity index (χ2n) is 7.69. The maximum Gasteiger partial charge on any atom is 0.332 e. The maximum absolute atomic E-state index is 13.1. The van der Waals surface area contributed by atoms with Crippen molar-refractivity contribution >= 4 is 34.4 Å². The molecule has 0 radical (unpaired) electrons. The molecule has 4 aromatic heterocycles. The third-order valence-corrected chi connectivity index (χ3v) is 5.94. The van der Waals surface area contributed by atoms with Crippen molar-refractivity contribution in [1.82, 2.24) is 33.8 Å². The Morgan fingerprint density at radius 1 is 1.06 bits per heavy atom. The average molecular weight is 492 g/mol. The number of rotatable bonds is 9. The molecule has 0 atom stereocenters. The smallest absolute Gasteiger partial charge is 0.332 e. The van der Waals surface area contributed by atoms with Gasteiger partial charge in [-0.05, 0) is 43.0 Å². The van der Waals surface area contributed by atoms with Gasteiger partial charge in [0.25, 0.3) is 11.4 Å². The van der Waals surface area contributed by atoms with Gasteiger partial charge in [-0.2, -0.15) is 9.97 Å². The quantitative estimate of drug-likeness (QED) is 0.260. The van der Waals surface area contributed by atoms with Crippen LogP contribution < -0.4 is 11.2 Å². The molecule has 0 spiro atoms. The molecule has 4 rings (SSSR count). The minimum atomic E-state index is -0.390. The highest BCUT2D eigenvalue weighted by atomic mass is 35.5. The normalized spacial score (nSPS) is 11.5. The number of hydrogen-bond acceptors (Lipinski definition) is 7. The summed E-state index contributed by atoms with van der Waals surface area (Å²) in [6, 6.07) is 3.31. The van der Waals surface area contributed by atoms with Gasteiger partial charge in [0.05, 0.1) is 0 Å². The molecule has 0 N–H and O–H groups in total. The Balaban J connectivity index is 1.49. The largest absolute Gasteiger partial charge is 0.332 e. The van der Waals surface area contributed by atoms with E-state index in [0.717, 1.165) is 12.8 Å². The number of fused-ring (bicyclic) bond motifs is 1. The highest BCUT2D eigenvalue weighted by molar-refractivity contribution is 6.30. The first kappa shape index (κ1) is 23.2. The van der Waals surface area contributed by atoms with Crippen molar-refractivity contribution in [2.75, 3.05) is 0 Å². The molecule has 0 aliphatic rings. The van der Waals surface area contributed by atoms with Gasteiger partial charge in [-0.1, -0.05) is 30.1 Å². The van der Waals surface area contributed by atoms with Gasteiger partial charge in [0, 0.05) is 37.8 Å². The molecule has 0 aliphatic carbocycles. The van der Waals surface area contributed by atoms with E-state index in [1.54, 1.807) is 25.4 Å². The second-order valence-corrected chi connectivity index (χ2v) is 8.46. The monoisotopic (exact) mass is 491 g/mol.